The zero-order valence-electron chi connectivity index (χ0n) is 14.8. The molecule has 1 amide bonds. The second-order valence-corrected chi connectivity index (χ2v) is 7.36. The highest BCUT2D eigenvalue weighted by Crippen LogP contribution is 2.30. The van der Waals surface area contributed by atoms with Crippen LogP contribution in [0.25, 0.3) is 11.0 Å². The summed E-state index contributed by atoms with van der Waals surface area (Å²) >= 11 is 0. The number of aryl methyl sites for hydroxylation is 1. The number of nitrogens with one attached hydrogen (secondary N) is 1. The summed E-state index contributed by atoms with van der Waals surface area (Å²) < 4.78 is 3.31. The zero-order valence-corrected chi connectivity index (χ0v) is 14.8. The molecule has 1 atom stereocenters. The van der Waals surface area contributed by atoms with Gasteiger partial charge in [-0.2, -0.15) is 0 Å². The molecule has 2 aliphatic rings. The minimum Gasteiger partial charge on any atom is -0.350 e. The molecule has 25 heavy (non-hydrogen) atoms. The van der Waals surface area contributed by atoms with Crippen LogP contribution in [0.1, 0.15) is 26.2 Å². The third-order valence-electron chi connectivity index (χ3n) is 5.39. The molecule has 1 aromatic carbocycles. The van der Waals surface area contributed by atoms with Gasteiger partial charge in [-0.1, -0.05) is 12.1 Å². The normalized spacial score (nSPS) is 21.1. The predicted octanol–water partition coefficient (Wildman–Crippen LogP) is 1.42. The van der Waals surface area contributed by atoms with Gasteiger partial charge in [0.2, 0.25) is 5.91 Å². The number of carbonyl (C=O) groups is 1. The maximum Gasteiger partial charge on any atom is 0.329 e. The Morgan fingerprint density at radius 2 is 1.88 bits per heavy atom. The van der Waals surface area contributed by atoms with E-state index in [1.165, 1.54) is 19.4 Å². The molecule has 0 bridgehead atoms. The quantitative estimate of drug-likeness (QED) is 0.864. The number of imidazole rings is 1. The van der Waals surface area contributed by atoms with E-state index in [9.17, 15) is 9.59 Å². The Morgan fingerprint density at radius 1 is 1.16 bits per heavy atom. The summed E-state index contributed by atoms with van der Waals surface area (Å²) in [7, 11) is 0. The standard InChI is InChI=1S/C19H26N4O2/c1-2-22-16-5-3-4-6-17(16)23(19(22)25)13-18(24)20-15-9-10-21(12-15)11-14-7-8-14/h3-6,14-15H,2,7-13H2,1H3,(H,20,24)/t15-/m1/s1. The van der Waals surface area contributed by atoms with Crippen LogP contribution < -0.4 is 11.0 Å². The van der Waals surface area contributed by atoms with Crippen LogP contribution in [0.3, 0.4) is 0 Å². The molecule has 4 rings (SSSR count). The Hall–Kier alpha value is -2.08. The van der Waals surface area contributed by atoms with Gasteiger partial charge in [0, 0.05) is 32.2 Å². The molecule has 1 aromatic heterocycles. The second kappa shape index (κ2) is 6.67. The van der Waals surface area contributed by atoms with Crippen molar-refractivity contribution in [1.82, 2.24) is 19.4 Å². The number of para-hydroxylation sites is 2. The van der Waals surface area contributed by atoms with Crippen molar-refractivity contribution in [2.45, 2.75) is 45.3 Å². The minimum atomic E-state index is -0.111. The van der Waals surface area contributed by atoms with Crippen molar-refractivity contribution in [3.63, 3.8) is 0 Å². The fourth-order valence-corrected chi connectivity index (χ4v) is 3.93. The lowest BCUT2D eigenvalue weighted by Gasteiger charge is -2.16. The Kier molecular flexibility index (Phi) is 4.37. The summed E-state index contributed by atoms with van der Waals surface area (Å²) in [4.78, 5) is 27.6. The van der Waals surface area contributed by atoms with E-state index in [0.29, 0.717) is 6.54 Å². The highest BCUT2D eigenvalue weighted by atomic mass is 16.2. The number of amides is 1. The fraction of sp³-hybridized carbons (Fsp3) is 0.579. The van der Waals surface area contributed by atoms with Crippen LogP contribution in [-0.2, 0) is 17.9 Å². The molecule has 1 N–H and O–H groups in total. The van der Waals surface area contributed by atoms with Crippen molar-refractivity contribution in [1.29, 1.82) is 0 Å². The number of nitrogens with zero attached hydrogens (tertiary/aromatic N) is 3. The lowest BCUT2D eigenvalue weighted by Crippen LogP contribution is -2.40. The SMILES string of the molecule is CCn1c(=O)n(CC(=O)N[C@@H]2CCN(CC3CC3)C2)c2ccccc21. The lowest BCUT2D eigenvalue weighted by atomic mass is 10.2. The van der Waals surface area contributed by atoms with E-state index >= 15 is 0 Å². The average Bonchev–Trinajstić information content (AvgIpc) is 3.25. The summed E-state index contributed by atoms with van der Waals surface area (Å²) in [6.07, 6.45) is 3.72. The van der Waals surface area contributed by atoms with Crippen molar-refractivity contribution in [3.8, 4) is 0 Å². The van der Waals surface area contributed by atoms with E-state index in [1.807, 2.05) is 31.2 Å². The van der Waals surface area contributed by atoms with Crippen LogP contribution in [0.2, 0.25) is 0 Å². The van der Waals surface area contributed by atoms with Crippen molar-refractivity contribution in [3.05, 3.63) is 34.7 Å². The molecule has 6 heteroatoms. The molecule has 6 nitrogen and oxygen atoms in total. The first kappa shape index (κ1) is 16.4. The molecular formula is C19H26N4O2. The van der Waals surface area contributed by atoms with Gasteiger partial charge in [0.1, 0.15) is 6.54 Å². The molecule has 134 valence electrons. The lowest BCUT2D eigenvalue weighted by molar-refractivity contribution is -0.122. The Morgan fingerprint density at radius 3 is 2.56 bits per heavy atom. The monoisotopic (exact) mass is 342 g/mol. The first-order valence-corrected chi connectivity index (χ1v) is 9.35. The third kappa shape index (κ3) is 3.35. The first-order valence-electron chi connectivity index (χ1n) is 9.35. The van der Waals surface area contributed by atoms with Gasteiger partial charge in [-0.15, -0.1) is 0 Å². The molecule has 0 spiro atoms. The van der Waals surface area contributed by atoms with Crippen LogP contribution >= 0.6 is 0 Å². The number of fused-ring (bicyclic) bond motifs is 1. The Labute approximate surface area is 147 Å². The highest BCUT2D eigenvalue weighted by molar-refractivity contribution is 5.81. The number of carbonyl (C=O) groups excluding carboxylic acids is 1. The van der Waals surface area contributed by atoms with Crippen molar-refractivity contribution in [2.24, 2.45) is 5.92 Å². The smallest absolute Gasteiger partial charge is 0.329 e. The Balaban J connectivity index is 1.43. The van der Waals surface area contributed by atoms with E-state index in [-0.39, 0.29) is 24.2 Å². The molecule has 2 aromatic rings. The number of hydrogen-bond donors (Lipinski definition) is 1. The molecule has 0 unspecified atom stereocenters. The molecule has 1 aliphatic carbocycles. The fourth-order valence-electron chi connectivity index (χ4n) is 3.93. The highest BCUT2D eigenvalue weighted by Gasteiger charge is 2.29. The number of aromatic nitrogens is 2. The zero-order chi connectivity index (χ0) is 17.4. The maximum absolute atomic E-state index is 12.6. The van der Waals surface area contributed by atoms with Gasteiger partial charge in [-0.25, -0.2) is 4.79 Å². The number of likely N-dealkylation sites (tertiary alicyclic amines) is 1. The van der Waals surface area contributed by atoms with E-state index in [4.69, 9.17) is 0 Å². The van der Waals surface area contributed by atoms with Gasteiger partial charge in [0.25, 0.3) is 0 Å². The summed E-state index contributed by atoms with van der Waals surface area (Å²) in [5, 5.41) is 3.12. The Bertz CT molecular complexity index is 834. The van der Waals surface area contributed by atoms with Gasteiger partial charge < -0.3 is 10.2 Å². The number of rotatable bonds is 6. The van der Waals surface area contributed by atoms with Crippen molar-refractivity contribution in [2.75, 3.05) is 19.6 Å². The van der Waals surface area contributed by atoms with Gasteiger partial charge in [-0.3, -0.25) is 13.9 Å². The largest absolute Gasteiger partial charge is 0.350 e. The number of benzene rings is 1. The van der Waals surface area contributed by atoms with E-state index in [0.717, 1.165) is 36.5 Å². The van der Waals surface area contributed by atoms with Gasteiger partial charge in [0.05, 0.1) is 11.0 Å². The molecular weight excluding hydrogens is 316 g/mol. The molecule has 1 saturated heterocycles. The number of hydrogen-bond acceptors (Lipinski definition) is 3. The first-order chi connectivity index (χ1) is 12.2. The second-order valence-electron chi connectivity index (χ2n) is 7.36. The van der Waals surface area contributed by atoms with Crippen LogP contribution in [0.15, 0.2) is 29.1 Å². The van der Waals surface area contributed by atoms with Gasteiger partial charge >= 0.3 is 5.69 Å². The summed E-state index contributed by atoms with van der Waals surface area (Å²) in [6.45, 7) is 5.82. The van der Waals surface area contributed by atoms with Crippen LogP contribution in [0.5, 0.6) is 0 Å². The van der Waals surface area contributed by atoms with Crippen LogP contribution in [-0.4, -0.2) is 45.6 Å². The van der Waals surface area contributed by atoms with Crippen LogP contribution in [0.4, 0.5) is 0 Å². The molecule has 2 heterocycles. The van der Waals surface area contributed by atoms with Gasteiger partial charge in [0.15, 0.2) is 0 Å². The van der Waals surface area contributed by atoms with Crippen molar-refractivity contribution >= 4 is 16.9 Å². The average molecular weight is 342 g/mol. The summed E-state index contributed by atoms with van der Waals surface area (Å²) in [6, 6.07) is 7.88. The molecule has 1 saturated carbocycles. The van der Waals surface area contributed by atoms with Gasteiger partial charge in [-0.05, 0) is 44.2 Å². The summed E-state index contributed by atoms with van der Waals surface area (Å²) in [5.41, 5.74) is 1.60. The van der Waals surface area contributed by atoms with E-state index < -0.39 is 0 Å². The van der Waals surface area contributed by atoms with E-state index in [1.54, 1.807) is 9.13 Å². The van der Waals surface area contributed by atoms with E-state index in [2.05, 4.69) is 10.2 Å². The molecule has 2 fully saturated rings. The van der Waals surface area contributed by atoms with Crippen molar-refractivity contribution < 1.29 is 4.79 Å². The maximum atomic E-state index is 12.6. The molecule has 0 radical (unpaired) electrons. The van der Waals surface area contributed by atoms with Crippen LogP contribution in [0, 0.1) is 5.92 Å². The predicted molar refractivity (Wildman–Crippen MR) is 97.6 cm³/mol. The summed E-state index contributed by atoms with van der Waals surface area (Å²) in [5.74, 6) is 0.813. The topological polar surface area (TPSA) is 59.3 Å². The molecule has 1 aliphatic heterocycles. The third-order valence-corrected chi connectivity index (χ3v) is 5.39. The minimum absolute atomic E-state index is 0.0700.